The summed E-state index contributed by atoms with van der Waals surface area (Å²) < 4.78 is 10.9. The van der Waals surface area contributed by atoms with Crippen LogP contribution in [-0.4, -0.2) is 37.3 Å². The zero-order chi connectivity index (χ0) is 18.5. The van der Waals surface area contributed by atoms with Crippen LogP contribution in [0.15, 0.2) is 30.6 Å². The van der Waals surface area contributed by atoms with Crippen molar-refractivity contribution in [3.63, 3.8) is 0 Å². The summed E-state index contributed by atoms with van der Waals surface area (Å²) in [4.78, 5) is 16.7. The van der Waals surface area contributed by atoms with Crippen molar-refractivity contribution in [3.8, 4) is 5.75 Å². The second kappa shape index (κ2) is 8.38. The fourth-order valence-corrected chi connectivity index (χ4v) is 2.98. The van der Waals surface area contributed by atoms with E-state index in [1.54, 1.807) is 24.4 Å². The smallest absolute Gasteiger partial charge is 0.257 e. The Morgan fingerprint density at radius 2 is 2.23 bits per heavy atom. The number of aromatic nitrogens is 1. The number of benzene rings is 1. The highest BCUT2D eigenvalue weighted by molar-refractivity contribution is 6.31. The highest BCUT2D eigenvalue weighted by atomic mass is 35.5. The molecule has 2 N–H and O–H groups in total. The molecule has 0 radical (unpaired) electrons. The minimum absolute atomic E-state index is 0.216. The van der Waals surface area contributed by atoms with E-state index in [4.69, 9.17) is 21.1 Å². The van der Waals surface area contributed by atoms with Crippen LogP contribution >= 0.6 is 11.6 Å². The fourth-order valence-electron chi connectivity index (χ4n) is 2.82. The number of ether oxygens (including phenoxy) is 2. The van der Waals surface area contributed by atoms with Gasteiger partial charge in [-0.2, -0.15) is 0 Å². The molecular weight excluding hydrogens is 354 g/mol. The predicted octanol–water partition coefficient (Wildman–Crippen LogP) is 3.90. The van der Waals surface area contributed by atoms with Gasteiger partial charge in [-0.05, 0) is 37.5 Å². The van der Waals surface area contributed by atoms with E-state index >= 15 is 0 Å². The van der Waals surface area contributed by atoms with Crippen molar-refractivity contribution in [2.75, 3.05) is 30.9 Å². The van der Waals surface area contributed by atoms with E-state index in [9.17, 15) is 4.79 Å². The second-order valence-electron chi connectivity index (χ2n) is 6.23. The lowest BCUT2D eigenvalue weighted by molar-refractivity contribution is 0.102. The average molecular weight is 376 g/mol. The maximum atomic E-state index is 12.6. The first kappa shape index (κ1) is 18.5. The number of amides is 1. The minimum atomic E-state index is -0.265. The van der Waals surface area contributed by atoms with Gasteiger partial charge in [0.1, 0.15) is 5.75 Å². The molecule has 0 bridgehead atoms. The maximum absolute atomic E-state index is 12.6. The Hall–Kier alpha value is -2.31. The summed E-state index contributed by atoms with van der Waals surface area (Å²) in [5.74, 6) is 0.243. The largest absolute Gasteiger partial charge is 0.495 e. The third-order valence-electron chi connectivity index (χ3n) is 4.29. The Morgan fingerprint density at radius 3 is 2.96 bits per heavy atom. The van der Waals surface area contributed by atoms with Gasteiger partial charge in [0, 0.05) is 36.6 Å². The molecule has 1 aromatic heterocycles. The molecule has 138 valence electrons. The number of aryl methyl sites for hydroxylation is 1. The zero-order valence-electron chi connectivity index (χ0n) is 14.8. The molecular formula is C19H22ClN3O3. The van der Waals surface area contributed by atoms with Gasteiger partial charge in [0.25, 0.3) is 5.91 Å². The Balaban J connectivity index is 1.70. The predicted molar refractivity (Wildman–Crippen MR) is 102 cm³/mol. The van der Waals surface area contributed by atoms with Crippen molar-refractivity contribution < 1.29 is 14.3 Å². The third-order valence-corrected chi connectivity index (χ3v) is 4.69. The molecule has 1 aliphatic rings. The van der Waals surface area contributed by atoms with Gasteiger partial charge < -0.3 is 20.1 Å². The van der Waals surface area contributed by atoms with Crippen LogP contribution in [0.4, 0.5) is 11.4 Å². The SMILES string of the molecule is COc1cc(Cl)c(C)cc1NC(=O)c1cncc(NCC2CCCO2)c1. The molecule has 0 spiro atoms. The molecule has 7 heteroatoms. The molecule has 1 atom stereocenters. The molecule has 0 saturated carbocycles. The van der Waals surface area contributed by atoms with Crippen LogP contribution in [0.3, 0.4) is 0 Å². The topological polar surface area (TPSA) is 72.5 Å². The number of carbonyl (C=O) groups excluding carboxylic acids is 1. The van der Waals surface area contributed by atoms with E-state index in [0.717, 1.165) is 30.7 Å². The first-order valence-electron chi connectivity index (χ1n) is 8.53. The molecule has 0 aliphatic carbocycles. The average Bonchev–Trinajstić information content (AvgIpc) is 3.16. The molecule has 26 heavy (non-hydrogen) atoms. The van der Waals surface area contributed by atoms with Crippen molar-refractivity contribution in [1.29, 1.82) is 0 Å². The quantitative estimate of drug-likeness (QED) is 0.801. The summed E-state index contributed by atoms with van der Waals surface area (Å²) in [6, 6.07) is 5.24. The number of nitrogens with zero attached hydrogens (tertiary/aromatic N) is 1. The van der Waals surface area contributed by atoms with Crippen LogP contribution in [0.25, 0.3) is 0 Å². The number of hydrogen-bond donors (Lipinski definition) is 2. The van der Waals surface area contributed by atoms with Crippen molar-refractivity contribution in [2.24, 2.45) is 0 Å². The maximum Gasteiger partial charge on any atom is 0.257 e. The Kier molecular flexibility index (Phi) is 5.96. The minimum Gasteiger partial charge on any atom is -0.495 e. The van der Waals surface area contributed by atoms with E-state index in [1.807, 2.05) is 6.92 Å². The summed E-state index contributed by atoms with van der Waals surface area (Å²) in [7, 11) is 1.54. The van der Waals surface area contributed by atoms with Crippen LogP contribution in [0.5, 0.6) is 5.75 Å². The summed E-state index contributed by atoms with van der Waals surface area (Å²) in [6.45, 7) is 3.39. The van der Waals surface area contributed by atoms with Gasteiger partial charge in [0.05, 0.1) is 30.2 Å². The monoisotopic (exact) mass is 375 g/mol. The molecule has 1 saturated heterocycles. The lowest BCUT2D eigenvalue weighted by Gasteiger charge is -2.14. The number of halogens is 1. The summed E-state index contributed by atoms with van der Waals surface area (Å²) in [5.41, 5.74) is 2.66. The molecule has 1 unspecified atom stereocenters. The lowest BCUT2D eigenvalue weighted by atomic mass is 10.2. The van der Waals surface area contributed by atoms with Crippen LogP contribution in [-0.2, 0) is 4.74 Å². The van der Waals surface area contributed by atoms with Gasteiger partial charge >= 0.3 is 0 Å². The van der Waals surface area contributed by atoms with E-state index in [1.165, 1.54) is 13.3 Å². The van der Waals surface area contributed by atoms with Crippen molar-refractivity contribution in [3.05, 3.63) is 46.7 Å². The Morgan fingerprint density at radius 1 is 1.38 bits per heavy atom. The normalized spacial score (nSPS) is 16.3. The fraction of sp³-hybridized carbons (Fsp3) is 0.368. The summed E-state index contributed by atoms with van der Waals surface area (Å²) in [5, 5.41) is 6.72. The molecule has 1 aromatic carbocycles. The third kappa shape index (κ3) is 4.45. The van der Waals surface area contributed by atoms with Gasteiger partial charge in [0.15, 0.2) is 0 Å². The molecule has 3 rings (SSSR count). The number of nitrogens with one attached hydrogen (secondary N) is 2. The molecule has 2 heterocycles. The second-order valence-corrected chi connectivity index (χ2v) is 6.64. The van der Waals surface area contributed by atoms with E-state index < -0.39 is 0 Å². The molecule has 1 aliphatic heterocycles. The van der Waals surface area contributed by atoms with E-state index in [-0.39, 0.29) is 12.0 Å². The zero-order valence-corrected chi connectivity index (χ0v) is 15.6. The highest BCUT2D eigenvalue weighted by Crippen LogP contribution is 2.31. The summed E-state index contributed by atoms with van der Waals surface area (Å²) in [6.07, 6.45) is 5.58. The van der Waals surface area contributed by atoms with Crippen LogP contribution in [0.1, 0.15) is 28.8 Å². The first-order chi connectivity index (χ1) is 12.6. The number of rotatable bonds is 6. The van der Waals surface area contributed by atoms with Gasteiger partial charge in [-0.15, -0.1) is 0 Å². The van der Waals surface area contributed by atoms with Crippen LogP contribution in [0, 0.1) is 6.92 Å². The van der Waals surface area contributed by atoms with Gasteiger partial charge in [-0.3, -0.25) is 9.78 Å². The summed E-state index contributed by atoms with van der Waals surface area (Å²) >= 11 is 6.11. The Bertz CT molecular complexity index is 792. The molecule has 1 amide bonds. The molecule has 1 fully saturated rings. The van der Waals surface area contributed by atoms with Crippen LogP contribution in [0.2, 0.25) is 5.02 Å². The van der Waals surface area contributed by atoms with Crippen molar-refractivity contribution >= 4 is 28.9 Å². The first-order valence-corrected chi connectivity index (χ1v) is 8.90. The van der Waals surface area contributed by atoms with Gasteiger partial charge in [-0.1, -0.05) is 11.6 Å². The lowest BCUT2D eigenvalue weighted by Crippen LogP contribution is -2.19. The highest BCUT2D eigenvalue weighted by Gasteiger charge is 2.16. The van der Waals surface area contributed by atoms with Gasteiger partial charge in [0.2, 0.25) is 0 Å². The molecule has 6 nitrogen and oxygen atoms in total. The number of pyridine rings is 1. The standard InChI is InChI=1S/C19H22ClN3O3/c1-12-6-17(18(25-2)8-16(12)20)23-19(24)13-7-14(10-21-9-13)22-11-15-4-3-5-26-15/h6-10,15,22H,3-5,11H2,1-2H3,(H,23,24). The van der Waals surface area contributed by atoms with Crippen molar-refractivity contribution in [2.45, 2.75) is 25.9 Å². The van der Waals surface area contributed by atoms with Crippen molar-refractivity contribution in [1.82, 2.24) is 4.98 Å². The number of methoxy groups -OCH3 is 1. The number of carbonyl (C=O) groups is 1. The number of anilines is 2. The Labute approximate surface area is 157 Å². The molecule has 2 aromatic rings. The van der Waals surface area contributed by atoms with E-state index in [2.05, 4.69) is 15.6 Å². The van der Waals surface area contributed by atoms with E-state index in [0.29, 0.717) is 28.6 Å². The number of hydrogen-bond acceptors (Lipinski definition) is 5. The van der Waals surface area contributed by atoms with Gasteiger partial charge in [-0.25, -0.2) is 0 Å². The van der Waals surface area contributed by atoms with Crippen LogP contribution < -0.4 is 15.4 Å².